The van der Waals surface area contributed by atoms with Gasteiger partial charge in [0.2, 0.25) is 5.91 Å². The molecule has 2 unspecified atom stereocenters. The fraction of sp³-hybridized carbons (Fsp3) is 0.440. The van der Waals surface area contributed by atoms with E-state index in [0.717, 1.165) is 43.6 Å². The first kappa shape index (κ1) is 22.9. The highest BCUT2D eigenvalue weighted by atomic mass is 127. The summed E-state index contributed by atoms with van der Waals surface area (Å²) in [7, 11) is 0. The van der Waals surface area contributed by atoms with Gasteiger partial charge in [0.25, 0.3) is 0 Å². The van der Waals surface area contributed by atoms with Crippen LogP contribution < -0.4 is 5.32 Å². The molecule has 2 aromatic rings. The molecule has 2 atom stereocenters. The first-order valence-corrected chi connectivity index (χ1v) is 12.1. The number of amides is 1. The highest BCUT2D eigenvalue weighted by molar-refractivity contribution is 14.1. The van der Waals surface area contributed by atoms with Gasteiger partial charge in [0, 0.05) is 23.6 Å². The number of alkyl halides is 1. The lowest BCUT2D eigenvalue weighted by Crippen LogP contribution is -2.39. The van der Waals surface area contributed by atoms with E-state index >= 15 is 0 Å². The molecule has 1 N–H and O–H groups in total. The lowest BCUT2D eigenvalue weighted by molar-refractivity contribution is -0.118. The van der Waals surface area contributed by atoms with E-state index in [0.29, 0.717) is 16.4 Å². The zero-order valence-electron chi connectivity index (χ0n) is 17.8. The zero-order chi connectivity index (χ0) is 21.5. The van der Waals surface area contributed by atoms with Crippen LogP contribution in [0.1, 0.15) is 61.4 Å². The second kappa shape index (κ2) is 11.0. The summed E-state index contributed by atoms with van der Waals surface area (Å²) in [4.78, 5) is 26.8. The van der Waals surface area contributed by atoms with Crippen LogP contribution in [-0.4, -0.2) is 33.7 Å². The Morgan fingerprint density at radius 3 is 2.60 bits per heavy atom. The number of nitrogens with one attached hydrogen (secondary N) is 1. The van der Waals surface area contributed by atoms with E-state index in [-0.39, 0.29) is 17.6 Å². The first-order valence-electron chi connectivity index (χ1n) is 10.8. The number of hydrogen-bond acceptors (Lipinski definition) is 3. The van der Waals surface area contributed by atoms with Crippen molar-refractivity contribution < 1.29 is 9.59 Å². The van der Waals surface area contributed by atoms with Crippen molar-refractivity contribution in [1.82, 2.24) is 4.90 Å². The Morgan fingerprint density at radius 2 is 1.90 bits per heavy atom. The average molecular weight is 518 g/mol. The molecule has 2 aromatic carbocycles. The largest absolute Gasteiger partial charge is 0.326 e. The fourth-order valence-corrected chi connectivity index (χ4v) is 5.06. The highest BCUT2D eigenvalue weighted by Gasteiger charge is 2.27. The number of Topliss-reactive ketones (excluding diaryl/α,β-unsaturated/α-hetero) is 1. The van der Waals surface area contributed by atoms with Gasteiger partial charge in [0.1, 0.15) is 0 Å². The molecule has 1 saturated heterocycles. The normalized spacial score (nSPS) is 19.6. The SMILES string of the molecule is CC(C)C(=O)Nc1cccc(C2CCN(CCCC(=O)c3ccccc3)C(I)C2)c1. The monoisotopic (exact) mass is 518 g/mol. The first-order chi connectivity index (χ1) is 14.4. The number of halogens is 1. The molecule has 0 saturated carbocycles. The third-order valence-corrected chi connectivity index (χ3v) is 7.03. The molecule has 0 aliphatic carbocycles. The summed E-state index contributed by atoms with van der Waals surface area (Å²) in [5.41, 5.74) is 3.00. The van der Waals surface area contributed by atoms with Crippen molar-refractivity contribution in [3.05, 3.63) is 65.7 Å². The number of piperidine rings is 1. The summed E-state index contributed by atoms with van der Waals surface area (Å²) in [6.45, 7) is 5.82. The van der Waals surface area contributed by atoms with Crippen molar-refractivity contribution >= 4 is 40.0 Å². The maximum Gasteiger partial charge on any atom is 0.226 e. The van der Waals surface area contributed by atoms with Crippen LogP contribution in [0, 0.1) is 5.92 Å². The van der Waals surface area contributed by atoms with E-state index in [2.05, 4.69) is 44.9 Å². The molecule has 1 aliphatic heterocycles. The molecule has 0 radical (unpaired) electrons. The van der Waals surface area contributed by atoms with Gasteiger partial charge in [-0.05, 0) is 56.0 Å². The van der Waals surface area contributed by atoms with Gasteiger partial charge in [-0.15, -0.1) is 0 Å². The molecule has 4 nitrogen and oxygen atoms in total. The van der Waals surface area contributed by atoms with Gasteiger partial charge < -0.3 is 5.32 Å². The van der Waals surface area contributed by atoms with E-state index in [4.69, 9.17) is 0 Å². The summed E-state index contributed by atoms with van der Waals surface area (Å²) >= 11 is 2.54. The predicted octanol–water partition coefficient (Wildman–Crippen LogP) is 5.88. The number of hydrogen-bond donors (Lipinski definition) is 1. The molecular weight excluding hydrogens is 487 g/mol. The number of carbonyl (C=O) groups is 2. The predicted molar refractivity (Wildman–Crippen MR) is 131 cm³/mol. The molecular formula is C25H31IN2O2. The minimum atomic E-state index is -0.0237. The van der Waals surface area contributed by atoms with Crippen molar-refractivity contribution in [2.75, 3.05) is 18.4 Å². The molecule has 160 valence electrons. The minimum absolute atomic E-state index is 0.0237. The third kappa shape index (κ3) is 6.38. The summed E-state index contributed by atoms with van der Waals surface area (Å²) < 4.78 is 0.460. The van der Waals surface area contributed by atoms with Crippen LogP contribution in [0.5, 0.6) is 0 Å². The summed E-state index contributed by atoms with van der Waals surface area (Å²) in [5, 5.41) is 3.01. The lowest BCUT2D eigenvalue weighted by atomic mass is 9.89. The fourth-order valence-electron chi connectivity index (χ4n) is 3.89. The van der Waals surface area contributed by atoms with Crippen LogP contribution in [0.2, 0.25) is 0 Å². The van der Waals surface area contributed by atoms with Gasteiger partial charge in [-0.25, -0.2) is 0 Å². The number of ketones is 1. The maximum absolute atomic E-state index is 12.3. The molecule has 0 bridgehead atoms. The lowest BCUT2D eigenvalue weighted by Gasteiger charge is -2.37. The van der Waals surface area contributed by atoms with E-state index in [1.807, 2.05) is 56.3 Å². The molecule has 30 heavy (non-hydrogen) atoms. The Hall–Kier alpha value is -1.73. The van der Waals surface area contributed by atoms with Crippen LogP contribution >= 0.6 is 22.6 Å². The maximum atomic E-state index is 12.3. The quantitative estimate of drug-likeness (QED) is 0.205. The molecule has 3 rings (SSSR count). The number of rotatable bonds is 8. The zero-order valence-corrected chi connectivity index (χ0v) is 20.0. The second-order valence-electron chi connectivity index (χ2n) is 8.35. The number of nitrogens with zero attached hydrogens (tertiary/aromatic N) is 1. The molecule has 1 amide bonds. The van der Waals surface area contributed by atoms with Crippen LogP contribution in [0.25, 0.3) is 0 Å². The molecule has 0 aromatic heterocycles. The van der Waals surface area contributed by atoms with Gasteiger partial charge in [-0.1, -0.05) is 78.9 Å². The van der Waals surface area contributed by atoms with Crippen molar-refractivity contribution in [2.24, 2.45) is 5.92 Å². The number of anilines is 1. The number of likely N-dealkylation sites (tertiary alicyclic amines) is 1. The topological polar surface area (TPSA) is 49.4 Å². The summed E-state index contributed by atoms with van der Waals surface area (Å²) in [5.74, 6) is 0.768. The number of benzene rings is 2. The van der Waals surface area contributed by atoms with Gasteiger partial charge in [0.15, 0.2) is 5.78 Å². The Labute approximate surface area is 193 Å². The van der Waals surface area contributed by atoms with E-state index in [1.54, 1.807) is 0 Å². The Kier molecular flexibility index (Phi) is 8.45. The van der Waals surface area contributed by atoms with Gasteiger partial charge in [-0.2, -0.15) is 0 Å². The van der Waals surface area contributed by atoms with Crippen LogP contribution in [0.3, 0.4) is 0 Å². The van der Waals surface area contributed by atoms with E-state index < -0.39 is 0 Å². The Morgan fingerprint density at radius 1 is 1.13 bits per heavy atom. The summed E-state index contributed by atoms with van der Waals surface area (Å²) in [6.07, 6.45) is 3.70. The smallest absolute Gasteiger partial charge is 0.226 e. The second-order valence-corrected chi connectivity index (χ2v) is 9.79. The standard InChI is InChI=1S/C25H31IN2O2/c1-18(2)25(30)27-22-11-6-10-20(16-22)21-13-15-28(24(26)17-21)14-7-12-23(29)19-8-4-3-5-9-19/h3-6,8-11,16,18,21,24H,7,12-15,17H2,1-2H3,(H,27,30). The molecule has 1 fully saturated rings. The molecule has 5 heteroatoms. The van der Waals surface area contributed by atoms with E-state index in [9.17, 15) is 9.59 Å². The minimum Gasteiger partial charge on any atom is -0.326 e. The molecule has 1 aliphatic rings. The Balaban J connectivity index is 1.49. The molecule has 0 spiro atoms. The Bertz CT molecular complexity index is 853. The van der Waals surface area contributed by atoms with Gasteiger partial charge in [-0.3, -0.25) is 14.5 Å². The van der Waals surface area contributed by atoms with Crippen LogP contribution in [0.4, 0.5) is 5.69 Å². The average Bonchev–Trinajstić information content (AvgIpc) is 2.75. The van der Waals surface area contributed by atoms with Crippen molar-refractivity contribution in [3.63, 3.8) is 0 Å². The van der Waals surface area contributed by atoms with Crippen molar-refractivity contribution in [1.29, 1.82) is 0 Å². The van der Waals surface area contributed by atoms with Crippen molar-refractivity contribution in [2.45, 2.75) is 49.5 Å². The summed E-state index contributed by atoms with van der Waals surface area (Å²) in [6, 6.07) is 17.9. The highest BCUT2D eigenvalue weighted by Crippen LogP contribution is 2.35. The molecule has 1 heterocycles. The van der Waals surface area contributed by atoms with Crippen LogP contribution in [0.15, 0.2) is 54.6 Å². The van der Waals surface area contributed by atoms with Gasteiger partial charge in [0.05, 0.1) is 4.05 Å². The van der Waals surface area contributed by atoms with Crippen molar-refractivity contribution in [3.8, 4) is 0 Å². The van der Waals surface area contributed by atoms with Crippen LogP contribution in [-0.2, 0) is 4.79 Å². The van der Waals surface area contributed by atoms with E-state index in [1.165, 1.54) is 5.56 Å². The third-order valence-electron chi connectivity index (χ3n) is 5.73. The number of carbonyl (C=O) groups excluding carboxylic acids is 2. The van der Waals surface area contributed by atoms with Gasteiger partial charge >= 0.3 is 0 Å².